The summed E-state index contributed by atoms with van der Waals surface area (Å²) in [6, 6.07) is 1.41. The topological polar surface area (TPSA) is 71.5 Å². The molecule has 0 spiro atoms. The van der Waals surface area contributed by atoms with E-state index in [2.05, 4.69) is 17.2 Å². The molecule has 0 aliphatic carbocycles. The fraction of sp³-hybridized carbons (Fsp3) is 0.538. The van der Waals surface area contributed by atoms with Crippen molar-refractivity contribution >= 4 is 5.91 Å². The molecule has 2 heterocycles. The van der Waals surface area contributed by atoms with Crippen molar-refractivity contribution in [2.75, 3.05) is 13.2 Å². The van der Waals surface area contributed by atoms with Crippen LogP contribution in [0.4, 0.5) is 0 Å². The Morgan fingerprint density at radius 2 is 2.44 bits per heavy atom. The third-order valence-corrected chi connectivity index (χ3v) is 3.26. The lowest BCUT2D eigenvalue weighted by Gasteiger charge is -2.17. The van der Waals surface area contributed by atoms with Crippen LogP contribution >= 0.6 is 0 Å². The molecule has 2 atom stereocenters. The Morgan fingerprint density at radius 3 is 3.17 bits per heavy atom. The molecular formula is C13H18N2O3. The zero-order valence-electron chi connectivity index (χ0n) is 10.4. The molecule has 5 heteroatoms. The number of amides is 1. The Hall–Kier alpha value is -1.62. The molecule has 1 aliphatic heterocycles. The lowest BCUT2D eigenvalue weighted by Crippen LogP contribution is -2.32. The highest BCUT2D eigenvalue weighted by Gasteiger charge is 2.26. The van der Waals surface area contributed by atoms with Crippen LogP contribution in [0, 0.1) is 5.92 Å². The molecule has 98 valence electrons. The summed E-state index contributed by atoms with van der Waals surface area (Å²) in [5, 5.41) is 12.1. The second-order valence-electron chi connectivity index (χ2n) is 4.51. The maximum atomic E-state index is 11.8. The highest BCUT2D eigenvalue weighted by atomic mass is 16.5. The van der Waals surface area contributed by atoms with Crippen LogP contribution in [-0.4, -0.2) is 35.3 Å². The highest BCUT2D eigenvalue weighted by molar-refractivity contribution is 5.94. The molecule has 0 saturated carbocycles. The molecule has 5 nitrogen and oxygen atoms in total. The average Bonchev–Trinajstić information content (AvgIpc) is 2.83. The monoisotopic (exact) mass is 250 g/mol. The number of nitrogens with zero attached hydrogens (tertiary/aromatic N) is 1. The standard InChI is InChI=1S/C13H18N2O3/c1-2-12-9(3-4-18-12)7-15-13(17)10-5-11(16)8-14-6-10/h5-6,8-9,12,16H,2-4,7H2,1H3,(H,15,17). The maximum absolute atomic E-state index is 11.8. The third-order valence-electron chi connectivity index (χ3n) is 3.26. The number of aromatic nitrogens is 1. The Morgan fingerprint density at radius 1 is 1.61 bits per heavy atom. The summed E-state index contributed by atoms with van der Waals surface area (Å²) in [5.74, 6) is 0.169. The minimum Gasteiger partial charge on any atom is -0.506 e. The first-order valence-corrected chi connectivity index (χ1v) is 6.24. The van der Waals surface area contributed by atoms with Crippen molar-refractivity contribution in [2.45, 2.75) is 25.9 Å². The van der Waals surface area contributed by atoms with Gasteiger partial charge in [-0.25, -0.2) is 0 Å². The molecule has 18 heavy (non-hydrogen) atoms. The van der Waals surface area contributed by atoms with Crippen LogP contribution < -0.4 is 5.32 Å². The minimum absolute atomic E-state index is 0.00159. The quantitative estimate of drug-likeness (QED) is 0.845. The number of carbonyl (C=O) groups excluding carboxylic acids is 1. The molecule has 2 unspecified atom stereocenters. The Kier molecular flexibility index (Phi) is 4.15. The predicted octanol–water partition coefficient (Wildman–Crippen LogP) is 1.33. The minimum atomic E-state index is -0.208. The van der Waals surface area contributed by atoms with Crippen molar-refractivity contribution < 1.29 is 14.6 Å². The molecule has 2 rings (SSSR count). The van der Waals surface area contributed by atoms with Gasteiger partial charge in [0.05, 0.1) is 17.9 Å². The highest BCUT2D eigenvalue weighted by Crippen LogP contribution is 2.22. The van der Waals surface area contributed by atoms with Crippen LogP contribution in [0.5, 0.6) is 5.75 Å². The second-order valence-corrected chi connectivity index (χ2v) is 4.51. The molecule has 1 aliphatic rings. The first-order valence-electron chi connectivity index (χ1n) is 6.24. The van der Waals surface area contributed by atoms with Gasteiger partial charge in [0.25, 0.3) is 5.91 Å². The summed E-state index contributed by atoms with van der Waals surface area (Å²) in [6.45, 7) is 3.46. The Bertz CT molecular complexity index is 422. The van der Waals surface area contributed by atoms with Crippen LogP contribution in [-0.2, 0) is 4.74 Å². The molecule has 1 amide bonds. The number of pyridine rings is 1. The van der Waals surface area contributed by atoms with Gasteiger partial charge in [-0.05, 0) is 18.9 Å². The molecule has 1 aromatic heterocycles. The lowest BCUT2D eigenvalue weighted by molar-refractivity contribution is 0.0826. The van der Waals surface area contributed by atoms with Crippen molar-refractivity contribution in [2.24, 2.45) is 5.92 Å². The van der Waals surface area contributed by atoms with Gasteiger partial charge in [0.15, 0.2) is 0 Å². The van der Waals surface area contributed by atoms with E-state index in [1.807, 2.05) is 0 Å². The van der Waals surface area contributed by atoms with Gasteiger partial charge < -0.3 is 15.2 Å². The number of ether oxygens (including phenoxy) is 1. The first kappa shape index (κ1) is 12.8. The third kappa shape index (κ3) is 2.98. The SMILES string of the molecule is CCC1OCCC1CNC(=O)c1cncc(O)c1. The number of nitrogens with one attached hydrogen (secondary N) is 1. The van der Waals surface area contributed by atoms with E-state index in [0.717, 1.165) is 19.4 Å². The largest absolute Gasteiger partial charge is 0.506 e. The normalized spacial score (nSPS) is 22.9. The fourth-order valence-corrected chi connectivity index (χ4v) is 2.26. The summed E-state index contributed by atoms with van der Waals surface area (Å²) in [7, 11) is 0. The van der Waals surface area contributed by atoms with E-state index < -0.39 is 0 Å². The zero-order chi connectivity index (χ0) is 13.0. The maximum Gasteiger partial charge on any atom is 0.252 e. The van der Waals surface area contributed by atoms with Crippen LogP contribution in [0.15, 0.2) is 18.5 Å². The van der Waals surface area contributed by atoms with Gasteiger partial charge in [0.2, 0.25) is 0 Å². The lowest BCUT2D eigenvalue weighted by atomic mass is 9.99. The molecule has 0 aromatic carbocycles. The van der Waals surface area contributed by atoms with Crippen molar-refractivity contribution in [1.82, 2.24) is 10.3 Å². The van der Waals surface area contributed by atoms with Gasteiger partial charge in [-0.15, -0.1) is 0 Å². The van der Waals surface area contributed by atoms with Gasteiger partial charge in [0, 0.05) is 25.3 Å². The summed E-state index contributed by atoms with van der Waals surface area (Å²) >= 11 is 0. The fourth-order valence-electron chi connectivity index (χ4n) is 2.26. The van der Waals surface area contributed by atoms with E-state index in [0.29, 0.717) is 18.0 Å². The number of aromatic hydroxyl groups is 1. The molecule has 0 radical (unpaired) electrons. The second kappa shape index (κ2) is 5.82. The van der Waals surface area contributed by atoms with Crippen LogP contribution in [0.2, 0.25) is 0 Å². The van der Waals surface area contributed by atoms with Crippen LogP contribution in [0.1, 0.15) is 30.1 Å². The van der Waals surface area contributed by atoms with Crippen molar-refractivity contribution in [3.05, 3.63) is 24.0 Å². The van der Waals surface area contributed by atoms with Gasteiger partial charge in [-0.1, -0.05) is 6.92 Å². The summed E-state index contributed by atoms with van der Waals surface area (Å²) in [4.78, 5) is 15.6. The molecule has 1 fully saturated rings. The molecular weight excluding hydrogens is 232 g/mol. The summed E-state index contributed by atoms with van der Waals surface area (Å²) in [5.41, 5.74) is 0.377. The number of hydrogen-bond donors (Lipinski definition) is 2. The van der Waals surface area contributed by atoms with Crippen molar-refractivity contribution in [3.8, 4) is 5.75 Å². The van der Waals surface area contributed by atoms with Gasteiger partial charge in [0.1, 0.15) is 5.75 Å². The summed E-state index contributed by atoms with van der Waals surface area (Å²) in [6.07, 6.45) is 4.94. The zero-order valence-corrected chi connectivity index (χ0v) is 10.4. The van der Waals surface area contributed by atoms with Gasteiger partial charge in [-0.3, -0.25) is 9.78 Å². The van der Waals surface area contributed by atoms with Crippen molar-refractivity contribution in [1.29, 1.82) is 0 Å². The molecule has 1 saturated heterocycles. The molecule has 0 bridgehead atoms. The van der Waals surface area contributed by atoms with E-state index in [1.54, 1.807) is 0 Å². The first-order chi connectivity index (χ1) is 8.70. The summed E-state index contributed by atoms with van der Waals surface area (Å²) < 4.78 is 5.57. The Balaban J connectivity index is 1.88. The van der Waals surface area contributed by atoms with Crippen LogP contribution in [0.25, 0.3) is 0 Å². The molecule has 2 N–H and O–H groups in total. The van der Waals surface area contributed by atoms with Crippen LogP contribution in [0.3, 0.4) is 0 Å². The van der Waals surface area contributed by atoms with E-state index in [9.17, 15) is 9.90 Å². The van der Waals surface area contributed by atoms with E-state index in [4.69, 9.17) is 4.74 Å². The van der Waals surface area contributed by atoms with E-state index in [1.165, 1.54) is 18.5 Å². The smallest absolute Gasteiger partial charge is 0.252 e. The predicted molar refractivity (Wildman–Crippen MR) is 66.4 cm³/mol. The van der Waals surface area contributed by atoms with Gasteiger partial charge >= 0.3 is 0 Å². The number of carbonyl (C=O) groups is 1. The Labute approximate surface area is 106 Å². The van der Waals surface area contributed by atoms with E-state index in [-0.39, 0.29) is 17.8 Å². The van der Waals surface area contributed by atoms with E-state index >= 15 is 0 Å². The van der Waals surface area contributed by atoms with Crippen molar-refractivity contribution in [3.63, 3.8) is 0 Å². The number of hydrogen-bond acceptors (Lipinski definition) is 4. The molecule has 1 aromatic rings. The van der Waals surface area contributed by atoms with Gasteiger partial charge in [-0.2, -0.15) is 0 Å². The average molecular weight is 250 g/mol. The number of rotatable bonds is 4.